The summed E-state index contributed by atoms with van der Waals surface area (Å²) in [5.41, 5.74) is 2.73. The molecule has 0 unspecified atom stereocenters. The van der Waals surface area contributed by atoms with Gasteiger partial charge in [-0.05, 0) is 66.7 Å². The number of terminal acetylenes is 1. The van der Waals surface area contributed by atoms with Gasteiger partial charge in [-0.3, -0.25) is 4.79 Å². The predicted octanol–water partition coefficient (Wildman–Crippen LogP) is 3.33. The molecule has 4 aliphatic rings. The van der Waals surface area contributed by atoms with Gasteiger partial charge in [0.1, 0.15) is 5.60 Å². The van der Waals surface area contributed by atoms with Gasteiger partial charge in [0.25, 0.3) is 0 Å². The summed E-state index contributed by atoms with van der Waals surface area (Å²) in [7, 11) is 0. The summed E-state index contributed by atoms with van der Waals surface area (Å²) >= 11 is 0. The van der Waals surface area contributed by atoms with Crippen molar-refractivity contribution < 1.29 is 9.90 Å². The molecule has 2 nitrogen and oxygen atoms in total. The summed E-state index contributed by atoms with van der Waals surface area (Å²) in [6.45, 7) is 2.12. The number of carbonyl (C=O) groups is 1. The minimum absolute atomic E-state index is 0.269. The Labute approximate surface area is 132 Å². The van der Waals surface area contributed by atoms with Crippen LogP contribution in [0.1, 0.15) is 45.4 Å². The highest BCUT2D eigenvalue weighted by Crippen LogP contribution is 2.60. The SMILES string of the molecule is C#C[C@@]1(O)CC[C@H]2[C@@H]3CCC4=CC(=O)CCC4=C3C=C[C@@]21C. The van der Waals surface area contributed by atoms with Crippen LogP contribution in [-0.2, 0) is 4.79 Å². The Hall–Kier alpha value is -1.59. The predicted molar refractivity (Wildman–Crippen MR) is 85.8 cm³/mol. The molecule has 0 saturated heterocycles. The summed E-state index contributed by atoms with van der Waals surface area (Å²) in [6.07, 6.45) is 17.1. The number of carbonyl (C=O) groups excluding carboxylic acids is 1. The fourth-order valence-electron chi connectivity index (χ4n) is 5.26. The van der Waals surface area contributed by atoms with Gasteiger partial charge in [0, 0.05) is 11.8 Å². The first-order valence-electron chi connectivity index (χ1n) is 8.35. The second-order valence-corrected chi connectivity index (χ2v) is 7.48. The van der Waals surface area contributed by atoms with Crippen LogP contribution < -0.4 is 0 Å². The van der Waals surface area contributed by atoms with E-state index in [0.717, 1.165) is 25.7 Å². The molecule has 0 aromatic heterocycles. The molecule has 2 heteroatoms. The van der Waals surface area contributed by atoms with Crippen molar-refractivity contribution in [3.8, 4) is 12.3 Å². The third kappa shape index (κ3) is 1.64. The van der Waals surface area contributed by atoms with Gasteiger partial charge >= 0.3 is 0 Å². The average molecular weight is 294 g/mol. The van der Waals surface area contributed by atoms with Gasteiger partial charge in [-0.1, -0.05) is 25.0 Å². The van der Waals surface area contributed by atoms with E-state index < -0.39 is 5.60 Å². The molecule has 4 atom stereocenters. The molecule has 22 heavy (non-hydrogen) atoms. The number of fused-ring (bicyclic) bond motifs is 4. The van der Waals surface area contributed by atoms with Crippen molar-refractivity contribution in [2.75, 3.05) is 0 Å². The van der Waals surface area contributed by atoms with Gasteiger partial charge in [-0.2, -0.15) is 0 Å². The van der Waals surface area contributed by atoms with E-state index in [-0.39, 0.29) is 11.2 Å². The first-order valence-corrected chi connectivity index (χ1v) is 8.35. The zero-order valence-electron chi connectivity index (χ0n) is 13.1. The van der Waals surface area contributed by atoms with Crippen molar-refractivity contribution in [3.63, 3.8) is 0 Å². The number of ketones is 1. The summed E-state index contributed by atoms with van der Waals surface area (Å²) in [5.74, 6) is 3.84. The molecule has 4 rings (SSSR count). The molecule has 114 valence electrons. The van der Waals surface area contributed by atoms with Crippen molar-refractivity contribution in [3.05, 3.63) is 34.9 Å². The van der Waals surface area contributed by atoms with E-state index in [9.17, 15) is 9.90 Å². The van der Waals surface area contributed by atoms with E-state index in [0.29, 0.717) is 24.7 Å². The Kier molecular flexibility index (Phi) is 2.84. The third-order valence-corrected chi connectivity index (χ3v) is 6.63. The minimum atomic E-state index is -1.01. The number of hydrogen-bond donors (Lipinski definition) is 1. The largest absolute Gasteiger partial charge is 0.377 e. The molecule has 0 aliphatic heterocycles. The summed E-state index contributed by atoms with van der Waals surface area (Å²) in [4.78, 5) is 11.7. The van der Waals surface area contributed by atoms with Gasteiger partial charge in [-0.25, -0.2) is 0 Å². The highest BCUT2D eigenvalue weighted by atomic mass is 16.3. The molecule has 1 saturated carbocycles. The molecular weight excluding hydrogens is 272 g/mol. The van der Waals surface area contributed by atoms with Crippen LogP contribution in [0.3, 0.4) is 0 Å². The maximum Gasteiger partial charge on any atom is 0.156 e. The van der Waals surface area contributed by atoms with E-state index in [1.54, 1.807) is 0 Å². The van der Waals surface area contributed by atoms with Crippen LogP contribution in [0.25, 0.3) is 0 Å². The van der Waals surface area contributed by atoms with Crippen LogP contribution in [0, 0.1) is 29.6 Å². The molecule has 1 N–H and O–H groups in total. The number of hydrogen-bond acceptors (Lipinski definition) is 2. The zero-order chi connectivity index (χ0) is 15.5. The number of rotatable bonds is 0. The van der Waals surface area contributed by atoms with Gasteiger partial charge in [0.15, 0.2) is 5.78 Å². The van der Waals surface area contributed by atoms with E-state index >= 15 is 0 Å². The molecule has 0 spiro atoms. The lowest BCUT2D eigenvalue weighted by Crippen LogP contribution is -2.46. The number of aliphatic hydroxyl groups is 1. The van der Waals surface area contributed by atoms with Crippen molar-refractivity contribution >= 4 is 5.78 Å². The fourth-order valence-corrected chi connectivity index (χ4v) is 5.26. The summed E-state index contributed by atoms with van der Waals surface area (Å²) in [5, 5.41) is 10.9. The van der Waals surface area contributed by atoms with Gasteiger partial charge < -0.3 is 5.11 Å². The molecule has 0 aromatic carbocycles. The van der Waals surface area contributed by atoms with Gasteiger partial charge in [0.05, 0.1) is 0 Å². The topological polar surface area (TPSA) is 37.3 Å². The minimum Gasteiger partial charge on any atom is -0.377 e. The van der Waals surface area contributed by atoms with Gasteiger partial charge in [0.2, 0.25) is 0 Å². The maximum atomic E-state index is 11.7. The Morgan fingerprint density at radius 2 is 2.14 bits per heavy atom. The molecule has 0 heterocycles. The standard InChI is InChI=1S/C20H22O2/c1-3-20(22)11-9-18-17-6-4-13-12-14(21)5-7-15(13)16(17)8-10-19(18,20)2/h1,8,10,12,17-18,22H,4-7,9,11H2,2H3/t17-,18+,19+,20-/m1/s1. The van der Waals surface area contributed by atoms with Crippen LogP contribution in [0.4, 0.5) is 0 Å². The maximum absolute atomic E-state index is 11.7. The zero-order valence-corrected chi connectivity index (χ0v) is 13.1. The smallest absolute Gasteiger partial charge is 0.156 e. The summed E-state index contributed by atoms with van der Waals surface area (Å²) in [6, 6.07) is 0. The third-order valence-electron chi connectivity index (χ3n) is 6.63. The van der Waals surface area contributed by atoms with Crippen LogP contribution in [-0.4, -0.2) is 16.5 Å². The van der Waals surface area contributed by atoms with E-state index in [1.165, 1.54) is 16.7 Å². The second kappa shape index (κ2) is 4.46. The Balaban J connectivity index is 1.83. The van der Waals surface area contributed by atoms with Crippen LogP contribution >= 0.6 is 0 Å². The quantitative estimate of drug-likeness (QED) is 0.696. The molecule has 0 aromatic rings. The molecule has 1 fully saturated rings. The average Bonchev–Trinajstić information content (AvgIpc) is 2.79. The van der Waals surface area contributed by atoms with Crippen molar-refractivity contribution in [2.24, 2.45) is 17.3 Å². The van der Waals surface area contributed by atoms with E-state index in [4.69, 9.17) is 6.42 Å². The van der Waals surface area contributed by atoms with Crippen LogP contribution in [0.5, 0.6) is 0 Å². The molecular formula is C20H22O2. The summed E-state index contributed by atoms with van der Waals surface area (Å²) < 4.78 is 0. The fraction of sp³-hybridized carbons (Fsp3) is 0.550. The lowest BCUT2D eigenvalue weighted by molar-refractivity contribution is -0.114. The van der Waals surface area contributed by atoms with E-state index in [1.807, 2.05) is 6.08 Å². The first kappa shape index (κ1) is 14.0. The molecule has 0 bridgehead atoms. The monoisotopic (exact) mass is 294 g/mol. The van der Waals surface area contributed by atoms with Crippen LogP contribution in [0.2, 0.25) is 0 Å². The molecule has 0 amide bonds. The van der Waals surface area contributed by atoms with Crippen LogP contribution in [0.15, 0.2) is 34.9 Å². The van der Waals surface area contributed by atoms with Crippen molar-refractivity contribution in [2.45, 2.75) is 51.0 Å². The van der Waals surface area contributed by atoms with Crippen molar-refractivity contribution in [1.82, 2.24) is 0 Å². The lowest BCUT2D eigenvalue weighted by Gasteiger charge is -2.46. The molecule has 4 aliphatic carbocycles. The highest BCUT2D eigenvalue weighted by molar-refractivity contribution is 5.93. The van der Waals surface area contributed by atoms with Crippen molar-refractivity contribution in [1.29, 1.82) is 0 Å². The first-order chi connectivity index (χ1) is 10.5. The highest BCUT2D eigenvalue weighted by Gasteiger charge is 2.58. The van der Waals surface area contributed by atoms with E-state index in [2.05, 4.69) is 25.0 Å². The Morgan fingerprint density at radius 1 is 1.32 bits per heavy atom. The second-order valence-electron chi connectivity index (χ2n) is 7.48. The normalized spacial score (nSPS) is 43.1. The Bertz CT molecular complexity index is 687. The van der Waals surface area contributed by atoms with Gasteiger partial charge in [-0.15, -0.1) is 6.42 Å². The lowest BCUT2D eigenvalue weighted by atomic mass is 9.58. The molecule has 0 radical (unpaired) electrons. The number of allylic oxidation sites excluding steroid dienone is 5. The Morgan fingerprint density at radius 3 is 2.91 bits per heavy atom.